The van der Waals surface area contributed by atoms with E-state index in [-0.39, 0.29) is 23.1 Å². The summed E-state index contributed by atoms with van der Waals surface area (Å²) in [6, 6.07) is 20.3. The molecular weight excluding hydrogens is 413 g/mol. The van der Waals surface area contributed by atoms with Crippen LogP contribution in [0.4, 0.5) is 4.39 Å². The first-order valence-electron chi connectivity index (χ1n) is 9.92. The highest BCUT2D eigenvalue weighted by atomic mass is 32.2. The van der Waals surface area contributed by atoms with Crippen LogP contribution < -0.4 is 10.9 Å². The fraction of sp³-hybridized carbons (Fsp3) is 0.125. The lowest BCUT2D eigenvalue weighted by atomic mass is 10.0. The van der Waals surface area contributed by atoms with Crippen LogP contribution in [-0.4, -0.2) is 21.4 Å². The lowest BCUT2D eigenvalue weighted by molar-refractivity contribution is 0.0930. The first-order chi connectivity index (χ1) is 15.1. The Labute approximate surface area is 181 Å². The van der Waals surface area contributed by atoms with Crippen molar-refractivity contribution >= 4 is 28.4 Å². The standard InChI is InChI=1S/C24H18FN3O2S/c25-15-10-11-21-19(14-15)20(12-13-31-21)26-23(29)22-17-8-4-5-9-18(17)24(30)28(27-22)16-6-2-1-3-7-16/h1-11,14,20H,12-13H2,(H,26,29)/t20-/m0/s1. The van der Waals surface area contributed by atoms with Gasteiger partial charge in [0.25, 0.3) is 11.5 Å². The van der Waals surface area contributed by atoms with Gasteiger partial charge in [-0.15, -0.1) is 11.8 Å². The summed E-state index contributed by atoms with van der Waals surface area (Å²) in [4.78, 5) is 27.3. The Balaban J connectivity index is 1.59. The molecule has 7 heteroatoms. The van der Waals surface area contributed by atoms with E-state index in [9.17, 15) is 14.0 Å². The van der Waals surface area contributed by atoms with Crippen molar-refractivity contribution < 1.29 is 9.18 Å². The van der Waals surface area contributed by atoms with E-state index >= 15 is 0 Å². The monoisotopic (exact) mass is 431 g/mol. The number of nitrogens with zero attached hydrogens (tertiary/aromatic N) is 2. The average molecular weight is 431 g/mol. The Morgan fingerprint density at radius 1 is 1.03 bits per heavy atom. The van der Waals surface area contributed by atoms with Crippen LogP contribution in [0.2, 0.25) is 0 Å². The molecule has 1 N–H and O–H groups in total. The summed E-state index contributed by atoms with van der Waals surface area (Å²) in [5.74, 6) is 0.0936. The molecule has 1 amide bonds. The van der Waals surface area contributed by atoms with Crippen LogP contribution in [0.3, 0.4) is 0 Å². The first-order valence-corrected chi connectivity index (χ1v) is 10.9. The Kier molecular flexibility index (Phi) is 5.03. The quantitative estimate of drug-likeness (QED) is 0.519. The second kappa shape index (κ2) is 8.00. The maximum atomic E-state index is 13.8. The third kappa shape index (κ3) is 3.61. The molecule has 0 aliphatic carbocycles. The number of para-hydroxylation sites is 1. The number of carbonyl (C=O) groups excluding carboxylic acids is 1. The molecule has 0 unspecified atom stereocenters. The van der Waals surface area contributed by atoms with Gasteiger partial charge in [0.2, 0.25) is 0 Å². The van der Waals surface area contributed by atoms with Crippen LogP contribution in [0.15, 0.2) is 82.5 Å². The first kappa shape index (κ1) is 19.5. The van der Waals surface area contributed by atoms with Crippen LogP contribution in [0.5, 0.6) is 0 Å². The summed E-state index contributed by atoms with van der Waals surface area (Å²) in [5.41, 5.74) is 1.22. The third-order valence-electron chi connectivity index (χ3n) is 5.34. The van der Waals surface area contributed by atoms with E-state index in [0.29, 0.717) is 22.9 Å². The molecule has 5 rings (SSSR count). The van der Waals surface area contributed by atoms with E-state index in [1.165, 1.54) is 16.8 Å². The third-order valence-corrected chi connectivity index (χ3v) is 6.46. The highest BCUT2D eigenvalue weighted by Gasteiger charge is 2.25. The molecule has 1 atom stereocenters. The van der Waals surface area contributed by atoms with Crippen molar-refractivity contribution in [3.63, 3.8) is 0 Å². The SMILES string of the molecule is O=C(N[C@H]1CCSc2ccc(F)cc21)c1nn(-c2ccccc2)c(=O)c2ccccc12. The molecule has 154 valence electrons. The number of benzene rings is 3. The number of rotatable bonds is 3. The number of nitrogens with one attached hydrogen (secondary N) is 1. The van der Waals surface area contributed by atoms with Gasteiger partial charge in [-0.05, 0) is 48.4 Å². The van der Waals surface area contributed by atoms with Gasteiger partial charge in [0, 0.05) is 16.0 Å². The number of thioether (sulfide) groups is 1. The topological polar surface area (TPSA) is 64.0 Å². The number of fused-ring (bicyclic) bond motifs is 2. The fourth-order valence-electron chi connectivity index (χ4n) is 3.84. The zero-order chi connectivity index (χ0) is 21.4. The van der Waals surface area contributed by atoms with E-state index in [2.05, 4.69) is 10.4 Å². The van der Waals surface area contributed by atoms with E-state index < -0.39 is 5.91 Å². The van der Waals surface area contributed by atoms with Gasteiger partial charge in [-0.1, -0.05) is 36.4 Å². The van der Waals surface area contributed by atoms with E-state index in [1.54, 1.807) is 54.2 Å². The molecule has 0 saturated carbocycles. The summed E-state index contributed by atoms with van der Waals surface area (Å²) in [5, 5.41) is 8.34. The minimum absolute atomic E-state index is 0.162. The average Bonchev–Trinajstić information content (AvgIpc) is 2.80. The van der Waals surface area contributed by atoms with Gasteiger partial charge in [0.1, 0.15) is 5.82 Å². The summed E-state index contributed by atoms with van der Waals surface area (Å²) in [6.07, 6.45) is 0.684. The zero-order valence-electron chi connectivity index (χ0n) is 16.4. The van der Waals surface area contributed by atoms with Crippen molar-refractivity contribution in [1.82, 2.24) is 15.1 Å². The highest BCUT2D eigenvalue weighted by Crippen LogP contribution is 2.36. The van der Waals surface area contributed by atoms with Crippen LogP contribution in [-0.2, 0) is 0 Å². The van der Waals surface area contributed by atoms with E-state index in [1.807, 2.05) is 18.2 Å². The molecule has 0 spiro atoms. The predicted molar refractivity (Wildman–Crippen MR) is 119 cm³/mol. The maximum absolute atomic E-state index is 13.8. The van der Waals surface area contributed by atoms with Crippen molar-refractivity contribution in [1.29, 1.82) is 0 Å². The minimum atomic E-state index is -0.395. The van der Waals surface area contributed by atoms with Gasteiger partial charge >= 0.3 is 0 Å². The van der Waals surface area contributed by atoms with Gasteiger partial charge < -0.3 is 5.32 Å². The number of halogens is 1. The number of hydrogen-bond acceptors (Lipinski definition) is 4. The lowest BCUT2D eigenvalue weighted by Gasteiger charge is -2.26. The molecule has 4 aromatic rings. The van der Waals surface area contributed by atoms with Crippen molar-refractivity contribution in [2.24, 2.45) is 0 Å². The van der Waals surface area contributed by atoms with Crippen molar-refractivity contribution in [3.05, 3.63) is 100 Å². The largest absolute Gasteiger partial charge is 0.344 e. The summed E-state index contributed by atoms with van der Waals surface area (Å²) in [7, 11) is 0. The number of carbonyl (C=O) groups is 1. The van der Waals surface area contributed by atoms with Crippen molar-refractivity contribution in [2.45, 2.75) is 17.4 Å². The van der Waals surface area contributed by atoms with Crippen LogP contribution in [0.25, 0.3) is 16.5 Å². The Morgan fingerprint density at radius 3 is 2.58 bits per heavy atom. The molecule has 0 radical (unpaired) electrons. The molecule has 1 aliphatic rings. The number of aromatic nitrogens is 2. The number of amides is 1. The molecule has 31 heavy (non-hydrogen) atoms. The molecule has 1 aromatic heterocycles. The maximum Gasteiger partial charge on any atom is 0.279 e. The molecule has 0 saturated heterocycles. The Bertz CT molecular complexity index is 1350. The van der Waals surface area contributed by atoms with Crippen LogP contribution >= 0.6 is 11.8 Å². The van der Waals surface area contributed by atoms with Crippen LogP contribution in [0.1, 0.15) is 28.5 Å². The highest BCUT2D eigenvalue weighted by molar-refractivity contribution is 7.99. The second-order valence-corrected chi connectivity index (χ2v) is 8.43. The molecule has 5 nitrogen and oxygen atoms in total. The zero-order valence-corrected chi connectivity index (χ0v) is 17.2. The van der Waals surface area contributed by atoms with E-state index in [4.69, 9.17) is 0 Å². The van der Waals surface area contributed by atoms with Gasteiger partial charge in [0.05, 0.1) is 17.1 Å². The number of hydrogen-bond donors (Lipinski definition) is 1. The Morgan fingerprint density at radius 2 is 1.77 bits per heavy atom. The van der Waals surface area contributed by atoms with Crippen LogP contribution in [0, 0.1) is 5.82 Å². The summed E-state index contributed by atoms with van der Waals surface area (Å²) in [6.45, 7) is 0. The second-order valence-electron chi connectivity index (χ2n) is 7.29. The molecule has 0 fully saturated rings. The fourth-order valence-corrected chi connectivity index (χ4v) is 4.95. The smallest absolute Gasteiger partial charge is 0.279 e. The minimum Gasteiger partial charge on any atom is -0.344 e. The molecular formula is C24H18FN3O2S. The van der Waals surface area contributed by atoms with Crippen molar-refractivity contribution in [3.8, 4) is 5.69 Å². The Hall–Kier alpha value is -3.45. The van der Waals surface area contributed by atoms with Crippen molar-refractivity contribution in [2.75, 3.05) is 5.75 Å². The molecule has 1 aliphatic heterocycles. The summed E-state index contributed by atoms with van der Waals surface area (Å²) < 4.78 is 15.1. The molecule has 0 bridgehead atoms. The molecule has 3 aromatic carbocycles. The normalized spacial score (nSPS) is 15.5. The molecule has 2 heterocycles. The van der Waals surface area contributed by atoms with Gasteiger partial charge in [-0.25, -0.2) is 4.39 Å². The predicted octanol–water partition coefficient (Wildman–Crippen LogP) is 4.49. The van der Waals surface area contributed by atoms with Gasteiger partial charge in [-0.2, -0.15) is 9.78 Å². The van der Waals surface area contributed by atoms with Gasteiger partial charge in [-0.3, -0.25) is 9.59 Å². The van der Waals surface area contributed by atoms with E-state index in [0.717, 1.165) is 16.2 Å². The van der Waals surface area contributed by atoms with Gasteiger partial charge in [0.15, 0.2) is 5.69 Å². The lowest BCUT2D eigenvalue weighted by Crippen LogP contribution is -2.33. The summed E-state index contributed by atoms with van der Waals surface area (Å²) >= 11 is 1.65.